The molecule has 0 bridgehead atoms. The highest BCUT2D eigenvalue weighted by Crippen LogP contribution is 2.14. The van der Waals surface area contributed by atoms with Crippen LogP contribution in [-0.2, 0) is 4.79 Å². The number of nitrogens with zero attached hydrogens (tertiary/aromatic N) is 2. The molecule has 5 heteroatoms. The number of rotatable bonds is 3. The number of hydrogen-bond donors (Lipinski definition) is 1. The standard InChI is InChI=1S/C14H21N3OS/c1-10-6-11(2)8-12(7-10)15-14(19)17(5)9-13(18)16(3)4/h6-8H,9H2,1-5H3,(H,15,19). The molecular formula is C14H21N3OS. The van der Waals surface area contributed by atoms with E-state index in [4.69, 9.17) is 12.2 Å². The quantitative estimate of drug-likeness (QED) is 0.859. The van der Waals surface area contributed by atoms with Crippen molar-refractivity contribution in [2.45, 2.75) is 13.8 Å². The third-order valence-corrected chi connectivity index (χ3v) is 3.10. The zero-order valence-corrected chi connectivity index (χ0v) is 13.0. The van der Waals surface area contributed by atoms with Crippen molar-refractivity contribution < 1.29 is 4.79 Å². The number of hydrogen-bond acceptors (Lipinski definition) is 2. The van der Waals surface area contributed by atoms with Gasteiger partial charge in [0, 0.05) is 26.8 Å². The molecule has 0 radical (unpaired) electrons. The van der Waals surface area contributed by atoms with E-state index in [1.165, 1.54) is 11.1 Å². The molecule has 1 amide bonds. The van der Waals surface area contributed by atoms with E-state index in [1.54, 1.807) is 30.9 Å². The van der Waals surface area contributed by atoms with Crippen LogP contribution in [0.15, 0.2) is 18.2 Å². The Labute approximate surface area is 120 Å². The van der Waals surface area contributed by atoms with Gasteiger partial charge in [-0.25, -0.2) is 0 Å². The Hall–Kier alpha value is -1.62. The van der Waals surface area contributed by atoms with Gasteiger partial charge in [0.25, 0.3) is 0 Å². The summed E-state index contributed by atoms with van der Waals surface area (Å²) in [4.78, 5) is 14.9. The number of benzene rings is 1. The highest BCUT2D eigenvalue weighted by Gasteiger charge is 2.11. The molecule has 0 aromatic heterocycles. The second kappa shape index (κ2) is 6.52. The van der Waals surface area contributed by atoms with Crippen molar-refractivity contribution in [1.29, 1.82) is 0 Å². The molecule has 0 unspecified atom stereocenters. The molecule has 1 N–H and O–H groups in total. The first-order valence-corrected chi connectivity index (χ1v) is 6.51. The summed E-state index contributed by atoms with van der Waals surface area (Å²) in [5.41, 5.74) is 3.31. The molecule has 1 aromatic carbocycles. The number of carbonyl (C=O) groups excluding carboxylic acids is 1. The zero-order valence-electron chi connectivity index (χ0n) is 12.2. The average Bonchev–Trinajstić information content (AvgIpc) is 2.26. The monoisotopic (exact) mass is 279 g/mol. The first-order valence-electron chi connectivity index (χ1n) is 6.10. The first kappa shape index (κ1) is 15.4. The number of carbonyl (C=O) groups is 1. The van der Waals surface area contributed by atoms with Crippen molar-refractivity contribution in [3.63, 3.8) is 0 Å². The third-order valence-electron chi connectivity index (χ3n) is 2.69. The summed E-state index contributed by atoms with van der Waals surface area (Å²) in [5.74, 6) is 0.0204. The summed E-state index contributed by atoms with van der Waals surface area (Å²) >= 11 is 5.29. The molecular weight excluding hydrogens is 258 g/mol. The van der Waals surface area contributed by atoms with Crippen molar-refractivity contribution in [3.8, 4) is 0 Å². The Kier molecular flexibility index (Phi) is 5.30. The van der Waals surface area contributed by atoms with Crippen molar-refractivity contribution in [1.82, 2.24) is 9.80 Å². The lowest BCUT2D eigenvalue weighted by Crippen LogP contribution is -2.39. The number of nitrogens with one attached hydrogen (secondary N) is 1. The van der Waals surface area contributed by atoms with Gasteiger partial charge in [-0.15, -0.1) is 0 Å². The molecule has 0 atom stereocenters. The van der Waals surface area contributed by atoms with Crippen molar-refractivity contribution >= 4 is 28.9 Å². The molecule has 1 rings (SSSR count). The maximum absolute atomic E-state index is 11.6. The summed E-state index contributed by atoms with van der Waals surface area (Å²) in [6.45, 7) is 4.35. The molecule has 0 aliphatic rings. The van der Waals surface area contributed by atoms with Crippen LogP contribution in [0.25, 0.3) is 0 Å². The molecule has 1 aromatic rings. The predicted molar refractivity (Wildman–Crippen MR) is 83.5 cm³/mol. The van der Waals surface area contributed by atoms with E-state index in [0.29, 0.717) is 5.11 Å². The van der Waals surface area contributed by atoms with Gasteiger partial charge in [0.1, 0.15) is 0 Å². The van der Waals surface area contributed by atoms with Gasteiger partial charge in [0.05, 0.1) is 6.54 Å². The van der Waals surface area contributed by atoms with E-state index in [9.17, 15) is 4.79 Å². The van der Waals surface area contributed by atoms with Crippen LogP contribution in [0.2, 0.25) is 0 Å². The summed E-state index contributed by atoms with van der Waals surface area (Å²) < 4.78 is 0. The van der Waals surface area contributed by atoms with Crippen LogP contribution < -0.4 is 5.32 Å². The fraction of sp³-hybridized carbons (Fsp3) is 0.429. The summed E-state index contributed by atoms with van der Waals surface area (Å²) in [6.07, 6.45) is 0. The van der Waals surface area contributed by atoms with Crippen molar-refractivity contribution in [2.75, 3.05) is 33.0 Å². The van der Waals surface area contributed by atoms with Crippen molar-refractivity contribution in [2.24, 2.45) is 0 Å². The normalized spacial score (nSPS) is 9.95. The molecule has 0 saturated carbocycles. The van der Waals surface area contributed by atoms with Crippen LogP contribution in [0.1, 0.15) is 11.1 Å². The Bertz CT molecular complexity index is 465. The van der Waals surface area contributed by atoms with E-state index < -0.39 is 0 Å². The number of amides is 1. The van der Waals surface area contributed by atoms with Crippen LogP contribution in [0.3, 0.4) is 0 Å². The number of anilines is 1. The van der Waals surface area contributed by atoms with Gasteiger partial charge in [0.2, 0.25) is 5.91 Å². The van der Waals surface area contributed by atoms with Crippen molar-refractivity contribution in [3.05, 3.63) is 29.3 Å². The molecule has 0 aliphatic carbocycles. The van der Waals surface area contributed by atoms with E-state index in [-0.39, 0.29) is 12.5 Å². The molecule has 0 spiro atoms. The van der Waals surface area contributed by atoms with Gasteiger partial charge >= 0.3 is 0 Å². The highest BCUT2D eigenvalue weighted by molar-refractivity contribution is 7.80. The molecule has 19 heavy (non-hydrogen) atoms. The Balaban J connectivity index is 2.66. The minimum absolute atomic E-state index is 0.0204. The molecule has 0 fully saturated rings. The lowest BCUT2D eigenvalue weighted by molar-refractivity contribution is -0.128. The van der Waals surface area contributed by atoms with Crippen LogP contribution in [0.5, 0.6) is 0 Å². The topological polar surface area (TPSA) is 35.6 Å². The zero-order chi connectivity index (χ0) is 14.6. The SMILES string of the molecule is Cc1cc(C)cc(NC(=S)N(C)CC(=O)N(C)C)c1. The van der Waals surface area contributed by atoms with Gasteiger partial charge in [-0.1, -0.05) is 6.07 Å². The lowest BCUT2D eigenvalue weighted by Gasteiger charge is -2.22. The van der Waals surface area contributed by atoms with E-state index >= 15 is 0 Å². The Morgan fingerprint density at radius 2 is 1.68 bits per heavy atom. The summed E-state index contributed by atoms with van der Waals surface area (Å²) in [6, 6.07) is 6.16. The number of thiocarbonyl (C=S) groups is 1. The van der Waals surface area contributed by atoms with Gasteiger partial charge in [-0.05, 0) is 49.3 Å². The third kappa shape index (κ3) is 4.87. The maximum Gasteiger partial charge on any atom is 0.241 e. The summed E-state index contributed by atoms with van der Waals surface area (Å²) in [5, 5.41) is 3.70. The van der Waals surface area contributed by atoms with E-state index in [0.717, 1.165) is 5.69 Å². The van der Waals surface area contributed by atoms with Gasteiger partial charge in [-0.3, -0.25) is 4.79 Å². The smallest absolute Gasteiger partial charge is 0.241 e. The minimum Gasteiger partial charge on any atom is -0.347 e. The Morgan fingerprint density at radius 1 is 1.16 bits per heavy atom. The van der Waals surface area contributed by atoms with Gasteiger partial charge < -0.3 is 15.1 Å². The lowest BCUT2D eigenvalue weighted by atomic mass is 10.1. The fourth-order valence-electron chi connectivity index (χ4n) is 1.68. The van der Waals surface area contributed by atoms with Crippen LogP contribution >= 0.6 is 12.2 Å². The average molecular weight is 279 g/mol. The molecule has 0 heterocycles. The molecule has 104 valence electrons. The number of aryl methyl sites for hydroxylation is 2. The van der Waals surface area contributed by atoms with Crippen LogP contribution in [0, 0.1) is 13.8 Å². The summed E-state index contributed by atoms with van der Waals surface area (Å²) in [7, 11) is 5.27. The Morgan fingerprint density at radius 3 is 2.16 bits per heavy atom. The largest absolute Gasteiger partial charge is 0.347 e. The first-order chi connectivity index (χ1) is 8.79. The number of likely N-dealkylation sites (N-methyl/N-ethyl adjacent to an activating group) is 2. The second-order valence-electron chi connectivity index (χ2n) is 4.95. The van der Waals surface area contributed by atoms with E-state index in [1.807, 2.05) is 26.0 Å². The van der Waals surface area contributed by atoms with Gasteiger partial charge in [0.15, 0.2) is 5.11 Å². The minimum atomic E-state index is 0.0204. The van der Waals surface area contributed by atoms with Crippen LogP contribution in [-0.4, -0.2) is 48.5 Å². The van der Waals surface area contributed by atoms with E-state index in [2.05, 4.69) is 11.4 Å². The predicted octanol–water partition coefficient (Wildman–Crippen LogP) is 2.02. The highest BCUT2D eigenvalue weighted by atomic mass is 32.1. The second-order valence-corrected chi connectivity index (χ2v) is 5.34. The maximum atomic E-state index is 11.6. The fourth-order valence-corrected chi connectivity index (χ4v) is 1.86. The molecule has 0 saturated heterocycles. The van der Waals surface area contributed by atoms with Crippen LogP contribution in [0.4, 0.5) is 5.69 Å². The molecule has 0 aliphatic heterocycles. The molecule has 4 nitrogen and oxygen atoms in total. The van der Waals surface area contributed by atoms with Gasteiger partial charge in [-0.2, -0.15) is 0 Å².